The molecule has 2 heterocycles. The Kier molecular flexibility index (Phi) is 4.55. The van der Waals surface area contributed by atoms with E-state index >= 15 is 0 Å². The Morgan fingerprint density at radius 1 is 1.29 bits per heavy atom. The summed E-state index contributed by atoms with van der Waals surface area (Å²) in [5.74, 6) is -0.0296. The van der Waals surface area contributed by atoms with Crippen molar-refractivity contribution in [2.75, 3.05) is 19.7 Å². The molecule has 3 rings (SSSR count). The fourth-order valence-corrected chi connectivity index (χ4v) is 2.65. The van der Waals surface area contributed by atoms with Crippen molar-refractivity contribution in [2.24, 2.45) is 0 Å². The monoisotopic (exact) mass is 345 g/mol. The lowest BCUT2D eigenvalue weighted by molar-refractivity contribution is -0.138. The topological polar surface area (TPSA) is 51.4 Å². The van der Waals surface area contributed by atoms with Crippen LogP contribution in [0.1, 0.15) is 29.0 Å². The molecule has 1 unspecified atom stereocenters. The van der Waals surface area contributed by atoms with Crippen LogP contribution in [0.4, 0.5) is 17.6 Å². The van der Waals surface area contributed by atoms with Gasteiger partial charge in [0.25, 0.3) is 0 Å². The van der Waals surface area contributed by atoms with Gasteiger partial charge in [0.2, 0.25) is 11.8 Å². The second-order valence-electron chi connectivity index (χ2n) is 5.55. The standard InChI is InChI=1S/C15H15F4N3O2/c1-9-20-21-14(24-9)13-8-22(4-5-23-13)7-10-6-11(16)2-3-12(10)15(17,18)19/h2-3,6,13H,4-5,7-8H2,1H3. The first kappa shape index (κ1) is 16.8. The number of morpholine rings is 1. The van der Waals surface area contributed by atoms with Crippen molar-refractivity contribution < 1.29 is 26.7 Å². The Bertz CT molecular complexity index is 717. The predicted molar refractivity (Wildman–Crippen MR) is 74.4 cm³/mol. The smallest absolute Gasteiger partial charge is 0.416 e. The van der Waals surface area contributed by atoms with Gasteiger partial charge in [-0.3, -0.25) is 4.90 Å². The zero-order chi connectivity index (χ0) is 17.3. The third-order valence-electron chi connectivity index (χ3n) is 3.73. The van der Waals surface area contributed by atoms with Gasteiger partial charge in [0, 0.05) is 26.6 Å². The molecule has 0 N–H and O–H groups in total. The minimum Gasteiger partial charge on any atom is -0.423 e. The summed E-state index contributed by atoms with van der Waals surface area (Å²) < 4.78 is 63.5. The number of hydrogen-bond acceptors (Lipinski definition) is 5. The van der Waals surface area contributed by atoms with Gasteiger partial charge in [0.1, 0.15) is 11.9 Å². The Balaban J connectivity index is 1.77. The van der Waals surface area contributed by atoms with Crippen molar-refractivity contribution in [1.29, 1.82) is 0 Å². The molecule has 1 fully saturated rings. The summed E-state index contributed by atoms with van der Waals surface area (Å²) in [6.45, 7) is 2.62. The number of ether oxygens (including phenoxy) is 1. The molecule has 1 aliphatic heterocycles. The van der Waals surface area contributed by atoms with Gasteiger partial charge in [-0.25, -0.2) is 4.39 Å². The van der Waals surface area contributed by atoms with Gasteiger partial charge >= 0.3 is 6.18 Å². The van der Waals surface area contributed by atoms with Crippen molar-refractivity contribution in [3.63, 3.8) is 0 Å². The summed E-state index contributed by atoms with van der Waals surface area (Å²) in [5, 5.41) is 7.59. The third kappa shape index (κ3) is 3.73. The minimum atomic E-state index is -4.53. The van der Waals surface area contributed by atoms with E-state index in [2.05, 4.69) is 10.2 Å². The summed E-state index contributed by atoms with van der Waals surface area (Å²) in [7, 11) is 0. The van der Waals surface area contributed by atoms with Crippen molar-refractivity contribution in [3.8, 4) is 0 Å². The van der Waals surface area contributed by atoms with E-state index in [0.717, 1.165) is 18.2 Å². The van der Waals surface area contributed by atoms with Crippen LogP contribution in [0, 0.1) is 12.7 Å². The van der Waals surface area contributed by atoms with Crippen molar-refractivity contribution in [2.45, 2.75) is 25.7 Å². The molecule has 1 saturated heterocycles. The molecule has 5 nitrogen and oxygen atoms in total. The van der Waals surface area contributed by atoms with Crippen LogP contribution in [0.25, 0.3) is 0 Å². The van der Waals surface area contributed by atoms with Crippen LogP contribution in [0.5, 0.6) is 0 Å². The molecule has 0 saturated carbocycles. The Morgan fingerprint density at radius 2 is 2.08 bits per heavy atom. The quantitative estimate of drug-likeness (QED) is 0.800. The second-order valence-corrected chi connectivity index (χ2v) is 5.55. The molecule has 24 heavy (non-hydrogen) atoms. The van der Waals surface area contributed by atoms with Crippen LogP contribution in [0.2, 0.25) is 0 Å². The van der Waals surface area contributed by atoms with E-state index in [0.29, 0.717) is 19.0 Å². The van der Waals surface area contributed by atoms with Crippen LogP contribution >= 0.6 is 0 Å². The van der Waals surface area contributed by atoms with Crippen LogP contribution in [0.15, 0.2) is 22.6 Å². The highest BCUT2D eigenvalue weighted by Gasteiger charge is 2.34. The normalized spacial score (nSPS) is 19.6. The lowest BCUT2D eigenvalue weighted by Crippen LogP contribution is -2.38. The first-order chi connectivity index (χ1) is 11.3. The molecule has 1 aromatic heterocycles. The first-order valence-corrected chi connectivity index (χ1v) is 7.32. The van der Waals surface area contributed by atoms with Gasteiger partial charge in [-0.05, 0) is 23.8 Å². The fraction of sp³-hybridized carbons (Fsp3) is 0.467. The molecule has 2 aromatic rings. The van der Waals surface area contributed by atoms with E-state index in [9.17, 15) is 17.6 Å². The molecular formula is C15H15F4N3O2. The molecule has 1 aromatic carbocycles. The van der Waals surface area contributed by atoms with E-state index in [1.54, 1.807) is 11.8 Å². The first-order valence-electron chi connectivity index (χ1n) is 7.32. The maximum absolute atomic E-state index is 13.4. The summed E-state index contributed by atoms with van der Waals surface area (Å²) >= 11 is 0. The minimum absolute atomic E-state index is 0.0421. The third-order valence-corrected chi connectivity index (χ3v) is 3.73. The molecule has 1 atom stereocenters. The van der Waals surface area contributed by atoms with Crippen LogP contribution in [-0.4, -0.2) is 34.8 Å². The summed E-state index contributed by atoms with van der Waals surface area (Å²) in [6, 6.07) is 2.50. The van der Waals surface area contributed by atoms with E-state index < -0.39 is 23.7 Å². The average molecular weight is 345 g/mol. The number of nitrogens with zero attached hydrogens (tertiary/aromatic N) is 3. The summed E-state index contributed by atoms with van der Waals surface area (Å²) in [5.41, 5.74) is -0.939. The van der Waals surface area contributed by atoms with Crippen LogP contribution < -0.4 is 0 Å². The zero-order valence-electron chi connectivity index (χ0n) is 12.8. The van der Waals surface area contributed by atoms with Crippen LogP contribution in [0.3, 0.4) is 0 Å². The number of hydrogen-bond donors (Lipinski definition) is 0. The SMILES string of the molecule is Cc1nnc(C2CN(Cc3cc(F)ccc3C(F)(F)F)CCO2)o1. The second kappa shape index (κ2) is 6.48. The maximum Gasteiger partial charge on any atom is 0.416 e. The van der Waals surface area contributed by atoms with Gasteiger partial charge in [0.05, 0.1) is 12.2 Å². The number of benzene rings is 1. The molecule has 1 aliphatic rings. The maximum atomic E-state index is 13.4. The highest BCUT2D eigenvalue weighted by Crippen LogP contribution is 2.33. The van der Waals surface area contributed by atoms with Crippen molar-refractivity contribution >= 4 is 0 Å². The molecule has 0 amide bonds. The summed E-state index contributed by atoms with van der Waals surface area (Å²) in [4.78, 5) is 1.75. The van der Waals surface area contributed by atoms with Gasteiger partial charge < -0.3 is 9.15 Å². The highest BCUT2D eigenvalue weighted by atomic mass is 19.4. The number of aryl methyl sites for hydroxylation is 1. The lowest BCUT2D eigenvalue weighted by Gasteiger charge is -2.31. The number of rotatable bonds is 3. The van der Waals surface area contributed by atoms with Gasteiger partial charge in [-0.2, -0.15) is 13.2 Å². The van der Waals surface area contributed by atoms with E-state index in [4.69, 9.17) is 9.15 Å². The molecular weight excluding hydrogens is 330 g/mol. The Labute approximate surface area is 135 Å². The van der Waals surface area contributed by atoms with Gasteiger partial charge in [-0.15, -0.1) is 10.2 Å². The van der Waals surface area contributed by atoms with E-state index in [-0.39, 0.29) is 24.5 Å². The van der Waals surface area contributed by atoms with Crippen molar-refractivity contribution in [1.82, 2.24) is 15.1 Å². The largest absolute Gasteiger partial charge is 0.423 e. The van der Waals surface area contributed by atoms with Crippen molar-refractivity contribution in [3.05, 3.63) is 46.9 Å². The fourth-order valence-electron chi connectivity index (χ4n) is 2.65. The molecule has 130 valence electrons. The Hall–Kier alpha value is -2.00. The van der Waals surface area contributed by atoms with Gasteiger partial charge in [-0.1, -0.05) is 0 Å². The molecule has 0 aliphatic carbocycles. The van der Waals surface area contributed by atoms with E-state index in [1.807, 2.05) is 0 Å². The zero-order valence-corrected chi connectivity index (χ0v) is 12.8. The summed E-state index contributed by atoms with van der Waals surface area (Å²) in [6.07, 6.45) is -5.04. The van der Waals surface area contributed by atoms with Crippen LogP contribution in [-0.2, 0) is 17.5 Å². The highest BCUT2D eigenvalue weighted by molar-refractivity contribution is 5.30. The predicted octanol–water partition coefficient (Wildman–Crippen LogP) is 3.11. The molecule has 9 heteroatoms. The lowest BCUT2D eigenvalue weighted by atomic mass is 10.1. The number of halogens is 4. The average Bonchev–Trinajstić information content (AvgIpc) is 2.93. The van der Waals surface area contributed by atoms with E-state index in [1.165, 1.54) is 0 Å². The number of aromatic nitrogens is 2. The molecule has 0 spiro atoms. The Morgan fingerprint density at radius 3 is 2.75 bits per heavy atom. The number of alkyl halides is 3. The molecule has 0 radical (unpaired) electrons. The van der Waals surface area contributed by atoms with Gasteiger partial charge in [0.15, 0.2) is 0 Å². The molecule has 0 bridgehead atoms.